The number of halogens is 3. The predicted molar refractivity (Wildman–Crippen MR) is 123 cm³/mol. The number of aromatic nitrogens is 3. The molecule has 33 heavy (non-hydrogen) atoms. The summed E-state index contributed by atoms with van der Waals surface area (Å²) < 4.78 is 40.4. The molecule has 0 aliphatic heterocycles. The van der Waals surface area contributed by atoms with E-state index in [1.54, 1.807) is 18.2 Å². The third kappa shape index (κ3) is 4.88. The van der Waals surface area contributed by atoms with Gasteiger partial charge in [-0.3, -0.25) is 19.5 Å². The van der Waals surface area contributed by atoms with Gasteiger partial charge in [-0.2, -0.15) is 13.2 Å². The van der Waals surface area contributed by atoms with E-state index >= 15 is 0 Å². The van der Waals surface area contributed by atoms with Crippen LogP contribution in [0.15, 0.2) is 53.5 Å². The molecule has 0 saturated carbocycles. The Morgan fingerprint density at radius 2 is 2.03 bits per heavy atom. The number of H-pyrrole nitrogens is 1. The smallest absolute Gasteiger partial charge is 0.332 e. The topological polar surface area (TPSA) is 79.8 Å². The maximum absolute atomic E-state index is 12.9. The van der Waals surface area contributed by atoms with Crippen molar-refractivity contribution in [2.24, 2.45) is 0 Å². The van der Waals surface area contributed by atoms with Gasteiger partial charge in [-0.1, -0.05) is 18.2 Å². The van der Waals surface area contributed by atoms with Crippen molar-refractivity contribution >= 4 is 45.5 Å². The van der Waals surface area contributed by atoms with Gasteiger partial charge in [-0.05, 0) is 49.0 Å². The van der Waals surface area contributed by atoms with Gasteiger partial charge in [-0.25, -0.2) is 4.98 Å². The van der Waals surface area contributed by atoms with Crippen molar-refractivity contribution in [2.75, 3.05) is 5.32 Å². The zero-order chi connectivity index (χ0) is 23.8. The minimum Gasteiger partial charge on any atom is -0.332 e. The van der Waals surface area contributed by atoms with Crippen molar-refractivity contribution < 1.29 is 18.0 Å². The number of hydrogen-bond donors (Lipinski definition) is 2. The Bertz CT molecular complexity index is 1470. The quantitative estimate of drug-likeness (QED) is 0.367. The number of nitrogens with zero attached hydrogens (tertiary/aromatic N) is 2. The molecule has 0 bridgehead atoms. The number of carbonyl (C=O) groups excluding carboxylic acids is 1. The molecule has 2 N–H and O–H groups in total. The summed E-state index contributed by atoms with van der Waals surface area (Å²) in [5.74, 6) is -0.434. The van der Waals surface area contributed by atoms with Gasteiger partial charge in [0, 0.05) is 29.6 Å². The second-order valence-corrected chi connectivity index (χ2v) is 8.70. The summed E-state index contributed by atoms with van der Waals surface area (Å²) in [4.78, 5) is 33.0. The molecule has 2 aromatic heterocycles. The highest BCUT2D eigenvalue weighted by atomic mass is 32.1. The van der Waals surface area contributed by atoms with Crippen LogP contribution in [0.1, 0.15) is 33.3 Å². The second-order valence-electron chi connectivity index (χ2n) is 7.20. The highest BCUT2D eigenvalue weighted by Crippen LogP contribution is 2.30. The summed E-state index contributed by atoms with van der Waals surface area (Å²) in [6.45, 7) is 2.24. The number of alkyl halides is 3. The van der Waals surface area contributed by atoms with Crippen LogP contribution < -0.4 is 10.9 Å². The van der Waals surface area contributed by atoms with Gasteiger partial charge >= 0.3 is 6.18 Å². The summed E-state index contributed by atoms with van der Waals surface area (Å²) in [5, 5.41) is 3.41. The number of nitrogens with one attached hydrogen (secondary N) is 2. The highest BCUT2D eigenvalue weighted by Gasteiger charge is 2.30. The average Bonchev–Trinajstić information content (AvgIpc) is 3.19. The summed E-state index contributed by atoms with van der Waals surface area (Å²) >= 11 is 6.38. The van der Waals surface area contributed by atoms with E-state index in [1.807, 2.05) is 6.92 Å². The number of fused-ring (bicyclic) bond motifs is 1. The molecule has 0 radical (unpaired) electrons. The largest absolute Gasteiger partial charge is 0.416 e. The number of thiazole rings is 1. The van der Waals surface area contributed by atoms with Crippen LogP contribution in [-0.2, 0) is 19.1 Å². The van der Waals surface area contributed by atoms with Crippen molar-refractivity contribution in [3.05, 3.63) is 85.4 Å². The van der Waals surface area contributed by atoms with E-state index in [1.165, 1.54) is 34.2 Å². The minimum atomic E-state index is -4.41. The van der Waals surface area contributed by atoms with Crippen LogP contribution in [0.2, 0.25) is 0 Å². The van der Waals surface area contributed by atoms with Crippen LogP contribution in [0.25, 0.3) is 10.9 Å². The van der Waals surface area contributed by atoms with Crippen molar-refractivity contribution in [3.8, 4) is 0 Å². The number of hydrogen-bond acceptors (Lipinski definition) is 5. The number of carbonyl (C=O) groups is 1. The summed E-state index contributed by atoms with van der Waals surface area (Å²) in [7, 11) is 0. The molecule has 170 valence electrons. The zero-order valence-electron chi connectivity index (χ0n) is 17.2. The molecule has 4 rings (SSSR count). The lowest BCUT2D eigenvalue weighted by atomic mass is 10.1. The first-order chi connectivity index (χ1) is 15.7. The normalized spacial score (nSPS) is 11.6. The molecule has 0 fully saturated rings. The Morgan fingerprint density at radius 3 is 2.76 bits per heavy atom. The maximum Gasteiger partial charge on any atom is 0.416 e. The Hall–Kier alpha value is -3.31. The van der Waals surface area contributed by atoms with Crippen LogP contribution in [-0.4, -0.2) is 20.4 Å². The fourth-order valence-corrected chi connectivity index (χ4v) is 4.52. The highest BCUT2D eigenvalue weighted by molar-refractivity contribution is 7.71. The molecular weight excluding hydrogens is 473 g/mol. The van der Waals surface area contributed by atoms with E-state index in [4.69, 9.17) is 12.2 Å². The van der Waals surface area contributed by atoms with Crippen LogP contribution in [0.3, 0.4) is 0 Å². The van der Waals surface area contributed by atoms with E-state index in [9.17, 15) is 22.8 Å². The minimum absolute atomic E-state index is 0.234. The Kier molecular flexibility index (Phi) is 6.17. The molecule has 2 aromatic carbocycles. The van der Waals surface area contributed by atoms with Crippen LogP contribution >= 0.6 is 23.6 Å². The number of anilines is 1. The Morgan fingerprint density at radius 1 is 1.24 bits per heavy atom. The molecule has 0 unspecified atom stereocenters. The van der Waals surface area contributed by atoms with Crippen molar-refractivity contribution in [1.82, 2.24) is 14.5 Å². The van der Waals surface area contributed by atoms with E-state index in [2.05, 4.69) is 15.3 Å². The standard InChI is InChI=1S/C22H17F3N4O2S2/c1-2-29-19(31)16-7-6-13(10-17(16)27-21(29)32)18(30)28-20-26-11-15(33-20)9-12-4-3-5-14(8-12)22(23,24)25/h3-8,10-11H,2,9H2,1H3,(H,27,32)(H,26,28,30). The Balaban J connectivity index is 1.51. The SMILES string of the molecule is CCn1c(=S)[nH]c2cc(C(=O)Nc3ncc(Cc4cccc(C(F)(F)F)c4)s3)ccc2c1=O. The van der Waals surface area contributed by atoms with Crippen LogP contribution in [0, 0.1) is 4.77 Å². The fourth-order valence-electron chi connectivity index (χ4n) is 3.36. The van der Waals surface area contributed by atoms with Crippen molar-refractivity contribution in [3.63, 3.8) is 0 Å². The number of amides is 1. The third-order valence-corrected chi connectivity index (χ3v) is 6.20. The molecule has 2 heterocycles. The van der Waals surface area contributed by atoms with Crippen molar-refractivity contribution in [1.29, 1.82) is 0 Å². The van der Waals surface area contributed by atoms with Gasteiger partial charge < -0.3 is 4.98 Å². The van der Waals surface area contributed by atoms with Crippen molar-refractivity contribution in [2.45, 2.75) is 26.1 Å². The lowest BCUT2D eigenvalue weighted by molar-refractivity contribution is -0.137. The average molecular weight is 491 g/mol. The van der Waals surface area contributed by atoms with E-state index in [-0.39, 0.29) is 16.8 Å². The van der Waals surface area contributed by atoms with Crippen LogP contribution in [0.4, 0.5) is 18.3 Å². The number of aromatic amines is 1. The van der Waals surface area contributed by atoms with E-state index in [0.717, 1.165) is 12.1 Å². The molecule has 11 heteroatoms. The van der Waals surface area contributed by atoms with Gasteiger partial charge in [0.25, 0.3) is 11.5 Å². The van der Waals surface area contributed by atoms with Gasteiger partial charge in [0.05, 0.1) is 16.5 Å². The van der Waals surface area contributed by atoms with Gasteiger partial charge in [0.15, 0.2) is 9.90 Å². The van der Waals surface area contributed by atoms with Gasteiger partial charge in [0.2, 0.25) is 0 Å². The monoisotopic (exact) mass is 490 g/mol. The number of benzene rings is 2. The van der Waals surface area contributed by atoms with E-state index in [0.29, 0.717) is 38.6 Å². The fraction of sp³-hybridized carbons (Fsp3) is 0.182. The summed E-state index contributed by atoms with van der Waals surface area (Å²) in [5.41, 5.74) is 0.304. The van der Waals surface area contributed by atoms with Gasteiger partial charge in [-0.15, -0.1) is 11.3 Å². The molecular formula is C22H17F3N4O2S2. The molecule has 0 aliphatic rings. The molecule has 4 aromatic rings. The van der Waals surface area contributed by atoms with E-state index < -0.39 is 17.6 Å². The molecule has 0 atom stereocenters. The molecule has 0 saturated heterocycles. The first-order valence-electron chi connectivity index (χ1n) is 9.85. The first kappa shape index (κ1) is 22.9. The van der Waals surface area contributed by atoms with Crippen LogP contribution in [0.5, 0.6) is 0 Å². The molecule has 0 aliphatic carbocycles. The predicted octanol–water partition coefficient (Wildman–Crippen LogP) is 5.40. The summed E-state index contributed by atoms with van der Waals surface area (Å²) in [6.07, 6.45) is -2.63. The first-order valence-corrected chi connectivity index (χ1v) is 11.1. The lowest BCUT2D eigenvalue weighted by Crippen LogP contribution is -2.21. The Labute approximate surface area is 194 Å². The third-order valence-electron chi connectivity index (χ3n) is 4.97. The number of rotatable bonds is 5. The lowest BCUT2D eigenvalue weighted by Gasteiger charge is -2.08. The molecule has 6 nitrogen and oxygen atoms in total. The molecule has 0 spiro atoms. The zero-order valence-corrected chi connectivity index (χ0v) is 18.8. The molecule has 1 amide bonds. The second kappa shape index (κ2) is 8.91. The van der Waals surface area contributed by atoms with Gasteiger partial charge in [0.1, 0.15) is 0 Å². The summed E-state index contributed by atoms with van der Waals surface area (Å²) in [6, 6.07) is 9.73. The maximum atomic E-state index is 12.9.